The summed E-state index contributed by atoms with van der Waals surface area (Å²) in [6.07, 6.45) is 0. The summed E-state index contributed by atoms with van der Waals surface area (Å²) in [7, 11) is 1.56. The van der Waals surface area contributed by atoms with E-state index in [0.29, 0.717) is 28.5 Å². The van der Waals surface area contributed by atoms with Crippen LogP contribution in [0.15, 0.2) is 45.6 Å². The Hall–Kier alpha value is -2.66. The van der Waals surface area contributed by atoms with Crippen LogP contribution in [0.5, 0.6) is 11.5 Å². The number of methoxy groups -OCH3 is 1. The lowest BCUT2D eigenvalue weighted by Crippen LogP contribution is -2.06. The minimum absolute atomic E-state index is 0.0951. The third-order valence-corrected chi connectivity index (χ3v) is 4.15. The second-order valence-electron chi connectivity index (χ2n) is 5.38. The standard InChI is InChI=1S/C18H16ClNO4/c1-10-15(21)5-4-13-11(7-17(22)24-18(10)13)9-20-12-3-6-16(23-2)14(19)8-12/h3-8,20-21H,9H2,1-2H3. The maximum Gasteiger partial charge on any atom is 0.336 e. The van der Waals surface area contributed by atoms with Crippen molar-refractivity contribution < 1.29 is 14.3 Å². The molecule has 6 heteroatoms. The number of phenolic OH excluding ortho intramolecular Hbond substituents is 1. The van der Waals surface area contributed by atoms with Crippen molar-refractivity contribution in [3.8, 4) is 11.5 Å². The zero-order valence-electron chi connectivity index (χ0n) is 13.2. The van der Waals surface area contributed by atoms with Gasteiger partial charge < -0.3 is 19.6 Å². The van der Waals surface area contributed by atoms with Crippen LogP contribution in [0.4, 0.5) is 5.69 Å². The highest BCUT2D eigenvalue weighted by Crippen LogP contribution is 2.29. The van der Waals surface area contributed by atoms with Crippen LogP contribution in [0.25, 0.3) is 11.0 Å². The maximum atomic E-state index is 11.8. The molecule has 24 heavy (non-hydrogen) atoms. The molecule has 0 saturated carbocycles. The number of anilines is 1. The van der Waals surface area contributed by atoms with Crippen molar-refractivity contribution in [1.29, 1.82) is 0 Å². The number of hydrogen-bond acceptors (Lipinski definition) is 5. The van der Waals surface area contributed by atoms with Crippen molar-refractivity contribution in [2.75, 3.05) is 12.4 Å². The van der Waals surface area contributed by atoms with E-state index in [1.807, 2.05) is 6.07 Å². The molecule has 0 radical (unpaired) electrons. The molecule has 5 nitrogen and oxygen atoms in total. The van der Waals surface area contributed by atoms with Crippen molar-refractivity contribution in [3.63, 3.8) is 0 Å². The van der Waals surface area contributed by atoms with E-state index >= 15 is 0 Å². The zero-order valence-corrected chi connectivity index (χ0v) is 14.0. The molecule has 3 aromatic rings. The Bertz CT molecular complexity index is 965. The molecule has 3 rings (SSSR count). The number of ether oxygens (including phenoxy) is 1. The molecule has 0 saturated heterocycles. The molecule has 0 fully saturated rings. The van der Waals surface area contributed by atoms with E-state index in [9.17, 15) is 9.90 Å². The van der Waals surface area contributed by atoms with Crippen LogP contribution in [0, 0.1) is 6.92 Å². The van der Waals surface area contributed by atoms with Gasteiger partial charge >= 0.3 is 5.63 Å². The number of aryl methyl sites for hydroxylation is 1. The highest BCUT2D eigenvalue weighted by atomic mass is 35.5. The van der Waals surface area contributed by atoms with E-state index in [-0.39, 0.29) is 5.75 Å². The van der Waals surface area contributed by atoms with Gasteiger partial charge in [-0.05, 0) is 42.8 Å². The van der Waals surface area contributed by atoms with Gasteiger partial charge in [-0.2, -0.15) is 0 Å². The minimum atomic E-state index is -0.458. The fourth-order valence-electron chi connectivity index (χ4n) is 2.54. The van der Waals surface area contributed by atoms with Crippen LogP contribution in [-0.2, 0) is 6.54 Å². The average Bonchev–Trinajstić information content (AvgIpc) is 2.56. The molecule has 0 aliphatic rings. The Balaban J connectivity index is 1.94. The molecule has 0 atom stereocenters. The van der Waals surface area contributed by atoms with Gasteiger partial charge in [0.15, 0.2) is 0 Å². The van der Waals surface area contributed by atoms with Crippen LogP contribution in [-0.4, -0.2) is 12.2 Å². The molecule has 1 aromatic heterocycles. The number of halogens is 1. The summed E-state index contributed by atoms with van der Waals surface area (Å²) in [6, 6.07) is 10.1. The predicted octanol–water partition coefficient (Wildman–Crippen LogP) is 4.08. The summed E-state index contributed by atoms with van der Waals surface area (Å²) < 4.78 is 10.4. The fraction of sp³-hybridized carbons (Fsp3) is 0.167. The van der Waals surface area contributed by atoms with Gasteiger partial charge in [-0.25, -0.2) is 4.79 Å². The maximum absolute atomic E-state index is 11.8. The predicted molar refractivity (Wildman–Crippen MR) is 94.2 cm³/mol. The molecule has 0 aliphatic heterocycles. The van der Waals surface area contributed by atoms with Crippen molar-refractivity contribution in [2.24, 2.45) is 0 Å². The topological polar surface area (TPSA) is 71.7 Å². The van der Waals surface area contributed by atoms with Crippen LogP contribution in [0.1, 0.15) is 11.1 Å². The van der Waals surface area contributed by atoms with Gasteiger partial charge in [-0.15, -0.1) is 0 Å². The van der Waals surface area contributed by atoms with Gasteiger partial charge in [0.2, 0.25) is 0 Å². The van der Waals surface area contributed by atoms with Crippen LogP contribution in [0.3, 0.4) is 0 Å². The second kappa shape index (κ2) is 6.45. The minimum Gasteiger partial charge on any atom is -0.508 e. The van der Waals surface area contributed by atoms with E-state index in [1.165, 1.54) is 6.07 Å². The highest BCUT2D eigenvalue weighted by molar-refractivity contribution is 6.32. The molecule has 0 aliphatic carbocycles. The number of hydrogen-bond donors (Lipinski definition) is 2. The van der Waals surface area contributed by atoms with Gasteiger partial charge in [-0.3, -0.25) is 0 Å². The summed E-state index contributed by atoms with van der Waals surface area (Å²) in [4.78, 5) is 11.8. The van der Waals surface area contributed by atoms with Crippen LogP contribution >= 0.6 is 11.6 Å². The summed E-state index contributed by atoms with van der Waals surface area (Å²) >= 11 is 6.11. The van der Waals surface area contributed by atoms with E-state index in [1.54, 1.807) is 38.3 Å². The third kappa shape index (κ3) is 3.03. The SMILES string of the molecule is COc1ccc(NCc2cc(=O)oc3c(C)c(O)ccc23)cc1Cl. The molecule has 1 heterocycles. The Morgan fingerprint density at radius 2 is 2.04 bits per heavy atom. The molecule has 2 aromatic carbocycles. The second-order valence-corrected chi connectivity index (χ2v) is 5.79. The smallest absolute Gasteiger partial charge is 0.336 e. The van der Waals surface area contributed by atoms with Crippen molar-refractivity contribution in [3.05, 3.63) is 63.0 Å². The molecular formula is C18H16ClNO4. The van der Waals surface area contributed by atoms with Crippen LogP contribution in [0.2, 0.25) is 5.02 Å². The first kappa shape index (κ1) is 16.2. The molecule has 2 N–H and O–H groups in total. The Morgan fingerprint density at radius 3 is 2.75 bits per heavy atom. The summed E-state index contributed by atoms with van der Waals surface area (Å²) in [5.74, 6) is 0.691. The molecule has 0 unspecified atom stereocenters. The molecule has 124 valence electrons. The first-order valence-electron chi connectivity index (χ1n) is 7.32. The van der Waals surface area contributed by atoms with Gasteiger partial charge in [0.1, 0.15) is 17.1 Å². The molecule has 0 amide bonds. The Kier molecular flexibility index (Phi) is 4.36. The van der Waals surface area contributed by atoms with Crippen molar-refractivity contribution in [2.45, 2.75) is 13.5 Å². The fourth-order valence-corrected chi connectivity index (χ4v) is 2.79. The summed E-state index contributed by atoms with van der Waals surface area (Å²) in [5.41, 5.74) is 2.06. The lowest BCUT2D eigenvalue weighted by Gasteiger charge is -2.11. The largest absolute Gasteiger partial charge is 0.508 e. The van der Waals surface area contributed by atoms with Crippen molar-refractivity contribution >= 4 is 28.3 Å². The van der Waals surface area contributed by atoms with Gasteiger partial charge in [-0.1, -0.05) is 11.6 Å². The van der Waals surface area contributed by atoms with E-state index in [4.69, 9.17) is 20.8 Å². The van der Waals surface area contributed by atoms with E-state index in [2.05, 4.69) is 5.32 Å². The van der Waals surface area contributed by atoms with E-state index in [0.717, 1.165) is 16.6 Å². The molecular weight excluding hydrogens is 330 g/mol. The third-order valence-electron chi connectivity index (χ3n) is 3.85. The number of nitrogens with one attached hydrogen (secondary N) is 1. The normalized spacial score (nSPS) is 10.8. The molecule has 0 bridgehead atoms. The first-order chi connectivity index (χ1) is 11.5. The number of aromatic hydroxyl groups is 1. The van der Waals surface area contributed by atoms with Crippen molar-refractivity contribution in [1.82, 2.24) is 0 Å². The zero-order chi connectivity index (χ0) is 17.3. The summed E-state index contributed by atoms with van der Waals surface area (Å²) in [6.45, 7) is 2.12. The highest BCUT2D eigenvalue weighted by Gasteiger charge is 2.11. The quantitative estimate of drug-likeness (QED) is 0.697. The number of benzene rings is 2. The Labute approximate surface area is 143 Å². The summed E-state index contributed by atoms with van der Waals surface area (Å²) in [5, 5.41) is 14.3. The monoisotopic (exact) mass is 345 g/mol. The van der Waals surface area contributed by atoms with E-state index < -0.39 is 5.63 Å². The lowest BCUT2D eigenvalue weighted by molar-refractivity contribution is 0.415. The number of fused-ring (bicyclic) bond motifs is 1. The molecule has 0 spiro atoms. The lowest BCUT2D eigenvalue weighted by atomic mass is 10.1. The van der Waals surface area contributed by atoms with Gasteiger partial charge in [0.05, 0.1) is 12.1 Å². The first-order valence-corrected chi connectivity index (χ1v) is 7.70. The van der Waals surface area contributed by atoms with Crippen LogP contribution < -0.4 is 15.7 Å². The Morgan fingerprint density at radius 1 is 1.25 bits per heavy atom. The average molecular weight is 346 g/mol. The van der Waals surface area contributed by atoms with Gasteiger partial charge in [0.25, 0.3) is 0 Å². The number of rotatable bonds is 4. The number of phenols is 1. The van der Waals surface area contributed by atoms with Gasteiger partial charge in [0, 0.05) is 29.2 Å².